The number of benzene rings is 1. The van der Waals surface area contributed by atoms with Gasteiger partial charge in [-0.2, -0.15) is 0 Å². The molecular weight excluding hydrogens is 294 g/mol. The highest BCUT2D eigenvalue weighted by molar-refractivity contribution is 9.10. The maximum Gasteiger partial charge on any atom is 0.0339 e. The monoisotopic (exact) mass is 311 g/mol. The van der Waals surface area contributed by atoms with Crippen molar-refractivity contribution in [2.75, 3.05) is 6.54 Å². The molecule has 0 aliphatic heterocycles. The van der Waals surface area contributed by atoms with Gasteiger partial charge >= 0.3 is 0 Å². The molecule has 1 spiro atoms. The van der Waals surface area contributed by atoms with E-state index in [0.29, 0.717) is 10.2 Å². The number of thioether (sulfide) groups is 1. The normalized spacial score (nSPS) is 24.1. The maximum absolute atomic E-state index is 6.02. The van der Waals surface area contributed by atoms with Crippen molar-refractivity contribution in [3.63, 3.8) is 0 Å². The molecule has 0 heterocycles. The smallest absolute Gasteiger partial charge is 0.0339 e. The van der Waals surface area contributed by atoms with Gasteiger partial charge in [-0.15, -0.1) is 11.8 Å². The predicted molar refractivity (Wildman–Crippen MR) is 77.3 cm³/mol. The van der Waals surface area contributed by atoms with Crippen molar-refractivity contribution in [1.29, 1.82) is 0 Å². The van der Waals surface area contributed by atoms with Crippen LogP contribution in [0.25, 0.3) is 0 Å². The Kier molecular flexibility index (Phi) is 3.04. The van der Waals surface area contributed by atoms with Crippen molar-refractivity contribution in [2.45, 2.75) is 41.7 Å². The molecule has 2 saturated carbocycles. The summed E-state index contributed by atoms with van der Waals surface area (Å²) >= 11 is 5.47. The standard InChI is InChI=1S/C14H18BrNS/c15-11-2-4-12(5-3-11)17-14(10-16)8-13(9-14)6-1-7-13/h2-5H,1,6-10,16H2. The summed E-state index contributed by atoms with van der Waals surface area (Å²) in [4.78, 5) is 1.35. The summed E-state index contributed by atoms with van der Waals surface area (Å²) in [5.41, 5.74) is 6.71. The summed E-state index contributed by atoms with van der Waals surface area (Å²) < 4.78 is 1.47. The number of nitrogens with two attached hydrogens (primary N) is 1. The highest BCUT2D eigenvalue weighted by Gasteiger charge is 2.56. The van der Waals surface area contributed by atoms with Crippen LogP contribution in [-0.2, 0) is 0 Å². The maximum atomic E-state index is 6.02. The van der Waals surface area contributed by atoms with Gasteiger partial charge in [0.25, 0.3) is 0 Å². The summed E-state index contributed by atoms with van der Waals surface area (Å²) in [7, 11) is 0. The van der Waals surface area contributed by atoms with E-state index >= 15 is 0 Å². The van der Waals surface area contributed by atoms with Crippen LogP contribution < -0.4 is 5.73 Å². The summed E-state index contributed by atoms with van der Waals surface area (Å²) in [6, 6.07) is 8.62. The molecule has 2 aliphatic carbocycles. The molecule has 0 radical (unpaired) electrons. The van der Waals surface area contributed by atoms with Gasteiger partial charge in [0.1, 0.15) is 0 Å². The molecule has 1 aromatic carbocycles. The van der Waals surface area contributed by atoms with E-state index in [2.05, 4.69) is 40.2 Å². The molecule has 1 aromatic rings. The van der Waals surface area contributed by atoms with Crippen molar-refractivity contribution in [1.82, 2.24) is 0 Å². The molecule has 0 unspecified atom stereocenters. The van der Waals surface area contributed by atoms with Crippen LogP contribution in [0, 0.1) is 5.41 Å². The van der Waals surface area contributed by atoms with E-state index in [1.807, 2.05) is 11.8 Å². The summed E-state index contributed by atoms with van der Waals surface area (Å²) in [6.07, 6.45) is 6.98. The van der Waals surface area contributed by atoms with Crippen molar-refractivity contribution < 1.29 is 0 Å². The molecule has 17 heavy (non-hydrogen) atoms. The van der Waals surface area contributed by atoms with Gasteiger partial charge in [-0.3, -0.25) is 0 Å². The predicted octanol–water partition coefficient (Wildman–Crippen LogP) is 4.20. The average Bonchev–Trinajstić information content (AvgIpc) is 2.23. The highest BCUT2D eigenvalue weighted by atomic mass is 79.9. The lowest BCUT2D eigenvalue weighted by molar-refractivity contribution is -0.00139. The average molecular weight is 312 g/mol. The first-order valence-corrected chi connectivity index (χ1v) is 7.91. The molecule has 0 atom stereocenters. The van der Waals surface area contributed by atoms with E-state index in [4.69, 9.17) is 5.73 Å². The fourth-order valence-corrected chi connectivity index (χ4v) is 5.23. The zero-order chi connectivity index (χ0) is 11.9. The largest absolute Gasteiger partial charge is 0.329 e. The van der Waals surface area contributed by atoms with E-state index in [9.17, 15) is 0 Å². The lowest BCUT2D eigenvalue weighted by Gasteiger charge is -2.60. The van der Waals surface area contributed by atoms with E-state index in [-0.39, 0.29) is 0 Å². The van der Waals surface area contributed by atoms with Crippen LogP contribution in [0.4, 0.5) is 0 Å². The van der Waals surface area contributed by atoms with Gasteiger partial charge in [0.15, 0.2) is 0 Å². The van der Waals surface area contributed by atoms with Gasteiger partial charge in [-0.05, 0) is 55.4 Å². The minimum Gasteiger partial charge on any atom is -0.329 e. The lowest BCUT2D eigenvalue weighted by atomic mass is 9.51. The number of hydrogen-bond acceptors (Lipinski definition) is 2. The SMILES string of the molecule is NCC1(Sc2ccc(Br)cc2)CC2(CCC2)C1. The minimum atomic E-state index is 0.328. The van der Waals surface area contributed by atoms with E-state index in [0.717, 1.165) is 11.0 Å². The Hall–Kier alpha value is 0.01000. The number of rotatable bonds is 3. The van der Waals surface area contributed by atoms with Crippen LogP contribution in [0.3, 0.4) is 0 Å². The van der Waals surface area contributed by atoms with Crippen LogP contribution in [-0.4, -0.2) is 11.3 Å². The van der Waals surface area contributed by atoms with Crippen molar-refractivity contribution in [3.05, 3.63) is 28.7 Å². The molecule has 2 fully saturated rings. The number of hydrogen-bond donors (Lipinski definition) is 1. The molecule has 1 nitrogen and oxygen atoms in total. The fraction of sp³-hybridized carbons (Fsp3) is 0.571. The summed E-state index contributed by atoms with van der Waals surface area (Å²) in [5, 5.41) is 0. The first kappa shape index (κ1) is 12.1. The van der Waals surface area contributed by atoms with Gasteiger partial charge in [0.2, 0.25) is 0 Å². The topological polar surface area (TPSA) is 26.0 Å². The summed E-state index contributed by atoms with van der Waals surface area (Å²) in [6.45, 7) is 0.815. The second-order valence-electron chi connectivity index (χ2n) is 5.65. The molecule has 0 saturated heterocycles. The second-order valence-corrected chi connectivity index (χ2v) is 8.11. The summed E-state index contributed by atoms with van der Waals surface area (Å²) in [5.74, 6) is 0. The zero-order valence-electron chi connectivity index (χ0n) is 9.92. The Morgan fingerprint density at radius 1 is 1.18 bits per heavy atom. The van der Waals surface area contributed by atoms with Crippen LogP contribution in [0.1, 0.15) is 32.1 Å². The minimum absolute atomic E-state index is 0.328. The first-order chi connectivity index (χ1) is 8.15. The van der Waals surface area contributed by atoms with Gasteiger partial charge < -0.3 is 5.73 Å². The number of halogens is 1. The Morgan fingerprint density at radius 2 is 1.82 bits per heavy atom. The third kappa shape index (κ3) is 2.18. The zero-order valence-corrected chi connectivity index (χ0v) is 12.3. The van der Waals surface area contributed by atoms with Crippen molar-refractivity contribution in [3.8, 4) is 0 Å². The second kappa shape index (κ2) is 4.29. The molecule has 0 bridgehead atoms. The molecule has 0 amide bonds. The van der Waals surface area contributed by atoms with Gasteiger partial charge in [-0.1, -0.05) is 22.4 Å². The third-order valence-electron chi connectivity index (χ3n) is 4.33. The van der Waals surface area contributed by atoms with Crippen LogP contribution in [0.2, 0.25) is 0 Å². The van der Waals surface area contributed by atoms with E-state index < -0.39 is 0 Å². The Bertz CT molecular complexity index is 403. The molecular formula is C14H18BrNS. The molecule has 3 rings (SSSR count). The Morgan fingerprint density at radius 3 is 2.29 bits per heavy atom. The van der Waals surface area contributed by atoms with E-state index in [1.165, 1.54) is 37.0 Å². The van der Waals surface area contributed by atoms with Crippen molar-refractivity contribution >= 4 is 27.7 Å². The molecule has 0 aromatic heterocycles. The van der Waals surface area contributed by atoms with Crippen molar-refractivity contribution in [2.24, 2.45) is 11.1 Å². The molecule has 3 heteroatoms. The third-order valence-corrected chi connectivity index (χ3v) is 6.25. The van der Waals surface area contributed by atoms with Crippen LogP contribution in [0.5, 0.6) is 0 Å². The quantitative estimate of drug-likeness (QED) is 0.905. The van der Waals surface area contributed by atoms with Crippen LogP contribution >= 0.6 is 27.7 Å². The van der Waals surface area contributed by atoms with Gasteiger partial charge in [0, 0.05) is 20.7 Å². The Labute approximate surface area is 116 Å². The van der Waals surface area contributed by atoms with E-state index in [1.54, 1.807) is 0 Å². The molecule has 2 aliphatic rings. The van der Waals surface area contributed by atoms with Gasteiger partial charge in [0.05, 0.1) is 0 Å². The molecule has 2 N–H and O–H groups in total. The fourth-order valence-electron chi connectivity index (χ4n) is 3.36. The van der Waals surface area contributed by atoms with Gasteiger partial charge in [-0.25, -0.2) is 0 Å². The lowest BCUT2D eigenvalue weighted by Crippen LogP contribution is -2.56. The highest BCUT2D eigenvalue weighted by Crippen LogP contribution is 2.65. The Balaban J connectivity index is 1.69. The molecule has 92 valence electrons. The first-order valence-electron chi connectivity index (χ1n) is 6.30. The van der Waals surface area contributed by atoms with Crippen LogP contribution in [0.15, 0.2) is 33.6 Å².